The van der Waals surface area contributed by atoms with Crippen molar-refractivity contribution in [3.05, 3.63) is 0 Å². The number of rotatable bonds is 16. The van der Waals surface area contributed by atoms with Gasteiger partial charge >= 0.3 is 0 Å². The first-order valence-corrected chi connectivity index (χ1v) is 9.53. The van der Waals surface area contributed by atoms with Crippen molar-refractivity contribution in [2.45, 2.75) is 96.1 Å². The van der Waals surface area contributed by atoms with E-state index < -0.39 is 0 Å². The highest BCUT2D eigenvalue weighted by Crippen LogP contribution is 2.13. The van der Waals surface area contributed by atoms with Crippen LogP contribution in [0.5, 0.6) is 0 Å². The van der Waals surface area contributed by atoms with Crippen LogP contribution in [-0.4, -0.2) is 25.2 Å². The molecule has 0 rings (SSSR count). The van der Waals surface area contributed by atoms with Gasteiger partial charge in [-0.15, -0.1) is 0 Å². The molecule has 0 aromatic carbocycles. The molecule has 0 bridgehead atoms. The number of nitrogens with two attached hydrogens (primary N) is 4. The van der Waals surface area contributed by atoms with Crippen molar-refractivity contribution in [1.82, 2.24) is 0 Å². The maximum Gasteiger partial charge on any atom is 0.0192 e. The molecule has 0 saturated carbocycles. The van der Waals surface area contributed by atoms with E-state index in [1.165, 1.54) is 57.8 Å². The Hall–Kier alpha value is -0.160. The maximum atomic E-state index is 6.21. The third kappa shape index (κ3) is 13.5. The first kappa shape index (κ1) is 21.8. The third-order valence-electron chi connectivity index (χ3n) is 4.68. The standard InChI is InChI=1S/C18H42N4/c1-16(15-20)11-7-6-9-13-18(22)17(21)12-8-4-2-3-5-10-14-19/h16-18H,2-15,19-22H2,1H3. The summed E-state index contributed by atoms with van der Waals surface area (Å²) in [6.45, 7) is 3.85. The van der Waals surface area contributed by atoms with E-state index in [0.29, 0.717) is 5.92 Å². The Balaban J connectivity index is 3.41. The lowest BCUT2D eigenvalue weighted by Crippen LogP contribution is -2.41. The second-order valence-electron chi connectivity index (χ2n) is 7.01. The molecule has 0 aromatic heterocycles. The van der Waals surface area contributed by atoms with E-state index in [-0.39, 0.29) is 12.1 Å². The average molecular weight is 315 g/mol. The van der Waals surface area contributed by atoms with E-state index in [2.05, 4.69) is 6.92 Å². The second kappa shape index (κ2) is 15.7. The number of hydrogen-bond donors (Lipinski definition) is 4. The van der Waals surface area contributed by atoms with E-state index in [0.717, 1.165) is 32.4 Å². The molecular formula is C18H42N4. The minimum atomic E-state index is 0.171. The van der Waals surface area contributed by atoms with Crippen LogP contribution in [0.25, 0.3) is 0 Å². The molecule has 0 saturated heterocycles. The summed E-state index contributed by atoms with van der Waals surface area (Å²) in [7, 11) is 0. The minimum Gasteiger partial charge on any atom is -0.330 e. The van der Waals surface area contributed by atoms with Crippen molar-refractivity contribution in [3.8, 4) is 0 Å². The van der Waals surface area contributed by atoms with Crippen molar-refractivity contribution >= 4 is 0 Å². The van der Waals surface area contributed by atoms with E-state index in [1.807, 2.05) is 0 Å². The zero-order chi connectivity index (χ0) is 16.6. The van der Waals surface area contributed by atoms with Crippen molar-refractivity contribution in [3.63, 3.8) is 0 Å². The predicted octanol–water partition coefficient (Wildman–Crippen LogP) is 2.88. The normalized spacial score (nSPS) is 15.7. The maximum absolute atomic E-state index is 6.21. The topological polar surface area (TPSA) is 104 Å². The van der Waals surface area contributed by atoms with Crippen LogP contribution in [-0.2, 0) is 0 Å². The molecule has 0 fully saturated rings. The Kier molecular flexibility index (Phi) is 15.6. The summed E-state index contributed by atoms with van der Waals surface area (Å²) in [6.07, 6.45) is 14.6. The van der Waals surface area contributed by atoms with Crippen LogP contribution in [0.15, 0.2) is 0 Å². The van der Waals surface area contributed by atoms with Crippen LogP contribution >= 0.6 is 0 Å². The molecule has 0 heterocycles. The van der Waals surface area contributed by atoms with E-state index in [4.69, 9.17) is 22.9 Å². The molecule has 8 N–H and O–H groups in total. The molecule has 134 valence electrons. The van der Waals surface area contributed by atoms with Gasteiger partial charge in [-0.05, 0) is 44.7 Å². The van der Waals surface area contributed by atoms with Gasteiger partial charge in [-0.1, -0.05) is 58.3 Å². The molecule has 4 nitrogen and oxygen atoms in total. The van der Waals surface area contributed by atoms with Gasteiger partial charge in [0.25, 0.3) is 0 Å². The van der Waals surface area contributed by atoms with Crippen LogP contribution < -0.4 is 22.9 Å². The zero-order valence-corrected chi connectivity index (χ0v) is 14.9. The number of hydrogen-bond acceptors (Lipinski definition) is 4. The lowest BCUT2D eigenvalue weighted by molar-refractivity contribution is 0.423. The molecule has 0 aliphatic carbocycles. The van der Waals surface area contributed by atoms with Gasteiger partial charge in [0.15, 0.2) is 0 Å². The Morgan fingerprint density at radius 3 is 1.50 bits per heavy atom. The largest absolute Gasteiger partial charge is 0.330 e. The molecule has 0 amide bonds. The second-order valence-corrected chi connectivity index (χ2v) is 7.01. The smallest absolute Gasteiger partial charge is 0.0192 e. The summed E-state index contributed by atoms with van der Waals surface area (Å²) in [4.78, 5) is 0. The quantitative estimate of drug-likeness (QED) is 0.329. The third-order valence-corrected chi connectivity index (χ3v) is 4.68. The van der Waals surface area contributed by atoms with Gasteiger partial charge in [0, 0.05) is 12.1 Å². The summed E-state index contributed by atoms with van der Waals surface area (Å²) >= 11 is 0. The molecule has 3 unspecified atom stereocenters. The van der Waals surface area contributed by atoms with Gasteiger partial charge in [0.2, 0.25) is 0 Å². The summed E-state index contributed by atoms with van der Waals surface area (Å²) < 4.78 is 0. The Morgan fingerprint density at radius 2 is 1.00 bits per heavy atom. The lowest BCUT2D eigenvalue weighted by Gasteiger charge is -2.20. The predicted molar refractivity (Wildman–Crippen MR) is 98.6 cm³/mol. The Labute approximate surface area is 138 Å². The van der Waals surface area contributed by atoms with Crippen molar-refractivity contribution in [2.24, 2.45) is 28.9 Å². The fourth-order valence-corrected chi connectivity index (χ4v) is 2.83. The summed E-state index contributed by atoms with van der Waals surface area (Å²) in [5.74, 6) is 0.654. The van der Waals surface area contributed by atoms with E-state index >= 15 is 0 Å². The van der Waals surface area contributed by atoms with Crippen LogP contribution in [0.3, 0.4) is 0 Å². The van der Waals surface area contributed by atoms with Gasteiger partial charge in [-0.2, -0.15) is 0 Å². The monoisotopic (exact) mass is 314 g/mol. The minimum absolute atomic E-state index is 0.171. The SMILES string of the molecule is CC(CN)CCCCCC(N)C(N)CCCCCCCCN. The zero-order valence-electron chi connectivity index (χ0n) is 14.9. The fourth-order valence-electron chi connectivity index (χ4n) is 2.83. The van der Waals surface area contributed by atoms with Crippen LogP contribution in [0.1, 0.15) is 84.0 Å². The van der Waals surface area contributed by atoms with Gasteiger partial charge in [0.1, 0.15) is 0 Å². The molecule has 22 heavy (non-hydrogen) atoms. The Bertz CT molecular complexity index is 223. The van der Waals surface area contributed by atoms with Crippen LogP contribution in [0.4, 0.5) is 0 Å². The van der Waals surface area contributed by atoms with Gasteiger partial charge in [0.05, 0.1) is 0 Å². The van der Waals surface area contributed by atoms with E-state index in [1.54, 1.807) is 0 Å². The highest BCUT2D eigenvalue weighted by Gasteiger charge is 2.12. The summed E-state index contributed by atoms with van der Waals surface area (Å²) in [5.41, 5.74) is 23.5. The molecule has 0 aromatic rings. The number of unbranched alkanes of at least 4 members (excludes halogenated alkanes) is 7. The molecule has 0 spiro atoms. The van der Waals surface area contributed by atoms with Gasteiger partial charge in [-0.25, -0.2) is 0 Å². The highest BCUT2D eigenvalue weighted by molar-refractivity contribution is 4.75. The molecule has 3 atom stereocenters. The van der Waals surface area contributed by atoms with E-state index in [9.17, 15) is 0 Å². The first-order valence-electron chi connectivity index (χ1n) is 9.53. The van der Waals surface area contributed by atoms with Crippen molar-refractivity contribution < 1.29 is 0 Å². The van der Waals surface area contributed by atoms with Crippen molar-refractivity contribution in [1.29, 1.82) is 0 Å². The van der Waals surface area contributed by atoms with Crippen LogP contribution in [0, 0.1) is 5.92 Å². The molecule has 0 aliphatic rings. The Morgan fingerprint density at radius 1 is 0.591 bits per heavy atom. The fraction of sp³-hybridized carbons (Fsp3) is 1.00. The van der Waals surface area contributed by atoms with Gasteiger partial charge < -0.3 is 22.9 Å². The summed E-state index contributed by atoms with van der Waals surface area (Å²) in [6, 6.07) is 0.344. The van der Waals surface area contributed by atoms with Crippen LogP contribution in [0.2, 0.25) is 0 Å². The molecule has 4 heteroatoms. The lowest BCUT2D eigenvalue weighted by atomic mass is 9.96. The average Bonchev–Trinajstić information content (AvgIpc) is 2.52. The highest BCUT2D eigenvalue weighted by atomic mass is 14.8. The first-order chi connectivity index (χ1) is 10.6. The molecular weight excluding hydrogens is 272 g/mol. The van der Waals surface area contributed by atoms with Crippen molar-refractivity contribution in [2.75, 3.05) is 13.1 Å². The molecule has 0 radical (unpaired) electrons. The molecule has 0 aliphatic heterocycles. The summed E-state index contributed by atoms with van der Waals surface area (Å²) in [5, 5.41) is 0. The van der Waals surface area contributed by atoms with Gasteiger partial charge in [-0.3, -0.25) is 0 Å².